The fourth-order valence-electron chi connectivity index (χ4n) is 1.10. The molecule has 2 N–H and O–H groups in total. The van der Waals surface area contributed by atoms with Crippen molar-refractivity contribution in [1.29, 1.82) is 0 Å². The van der Waals surface area contributed by atoms with Gasteiger partial charge in [0.25, 0.3) is 0 Å². The molecule has 1 amide bonds. The van der Waals surface area contributed by atoms with Crippen LogP contribution in [0, 0.1) is 0 Å². The Kier molecular flexibility index (Phi) is 5.72. The first-order chi connectivity index (χ1) is 6.37. The minimum Gasteiger partial charge on any atom is -0.385 e. The predicted molar refractivity (Wildman–Crippen MR) is 57.0 cm³/mol. The van der Waals surface area contributed by atoms with Gasteiger partial charge in [0.05, 0.1) is 0 Å². The van der Waals surface area contributed by atoms with E-state index in [1.807, 2.05) is 13.8 Å². The van der Waals surface area contributed by atoms with Crippen molar-refractivity contribution < 1.29 is 9.53 Å². The van der Waals surface area contributed by atoms with Crippen molar-refractivity contribution in [3.05, 3.63) is 0 Å². The number of carbonyl (C=O) groups is 1. The lowest BCUT2D eigenvalue weighted by Crippen LogP contribution is -2.40. The molecule has 0 atom stereocenters. The number of rotatable bonds is 6. The maximum absolute atomic E-state index is 11.6. The van der Waals surface area contributed by atoms with E-state index >= 15 is 0 Å². The van der Waals surface area contributed by atoms with Crippen LogP contribution >= 0.6 is 0 Å². The number of methoxy groups -OCH3 is 1. The molecule has 4 heteroatoms. The largest absolute Gasteiger partial charge is 0.385 e. The minimum atomic E-state index is -0.424. The lowest BCUT2D eigenvalue weighted by atomic mass is 10.0. The van der Waals surface area contributed by atoms with Crippen LogP contribution in [0.5, 0.6) is 0 Å². The summed E-state index contributed by atoms with van der Waals surface area (Å²) in [6.45, 7) is 5.12. The number of nitrogens with two attached hydrogens (primary N) is 1. The summed E-state index contributed by atoms with van der Waals surface area (Å²) in [7, 11) is 3.45. The predicted octanol–water partition coefficient (Wildman–Crippen LogP) is 0.609. The van der Waals surface area contributed by atoms with Crippen LogP contribution in [0.3, 0.4) is 0 Å². The van der Waals surface area contributed by atoms with Gasteiger partial charge in [-0.15, -0.1) is 0 Å². The van der Waals surface area contributed by atoms with Crippen LogP contribution in [0.2, 0.25) is 0 Å². The Morgan fingerprint density at radius 1 is 1.50 bits per heavy atom. The molecule has 0 aliphatic carbocycles. The SMILES string of the molecule is COCCCN(C)C(=O)CC(C)(C)N. The summed E-state index contributed by atoms with van der Waals surface area (Å²) in [4.78, 5) is 13.3. The highest BCUT2D eigenvalue weighted by atomic mass is 16.5. The van der Waals surface area contributed by atoms with Crippen LogP contribution < -0.4 is 5.73 Å². The molecule has 84 valence electrons. The number of ether oxygens (including phenoxy) is 1. The van der Waals surface area contributed by atoms with Crippen molar-refractivity contribution >= 4 is 5.91 Å². The summed E-state index contributed by atoms with van der Waals surface area (Å²) in [5, 5.41) is 0. The van der Waals surface area contributed by atoms with E-state index in [2.05, 4.69) is 0 Å². The molecule has 0 rings (SSSR count). The zero-order chi connectivity index (χ0) is 11.2. The van der Waals surface area contributed by atoms with Gasteiger partial charge in [-0.3, -0.25) is 4.79 Å². The molecule has 0 saturated carbocycles. The molecule has 4 nitrogen and oxygen atoms in total. The van der Waals surface area contributed by atoms with Gasteiger partial charge < -0.3 is 15.4 Å². The van der Waals surface area contributed by atoms with Crippen LogP contribution in [0.15, 0.2) is 0 Å². The Balaban J connectivity index is 3.77. The molecule has 0 fully saturated rings. The van der Waals surface area contributed by atoms with Gasteiger partial charge in [0, 0.05) is 39.3 Å². The van der Waals surface area contributed by atoms with Crippen molar-refractivity contribution in [1.82, 2.24) is 4.90 Å². The monoisotopic (exact) mass is 202 g/mol. The molecule has 0 unspecified atom stereocenters. The zero-order valence-electron chi connectivity index (χ0n) is 9.67. The Bertz CT molecular complexity index is 175. The van der Waals surface area contributed by atoms with Crippen molar-refractivity contribution in [2.24, 2.45) is 5.73 Å². The van der Waals surface area contributed by atoms with Gasteiger partial charge in [-0.05, 0) is 20.3 Å². The fourth-order valence-corrected chi connectivity index (χ4v) is 1.10. The molecule has 0 bridgehead atoms. The molecule has 0 aromatic carbocycles. The molecule has 0 aromatic heterocycles. The van der Waals surface area contributed by atoms with Crippen molar-refractivity contribution in [2.45, 2.75) is 32.2 Å². The van der Waals surface area contributed by atoms with Gasteiger partial charge in [0.15, 0.2) is 0 Å². The van der Waals surface area contributed by atoms with Gasteiger partial charge in [-0.2, -0.15) is 0 Å². The number of hydrogen-bond donors (Lipinski definition) is 1. The molecular formula is C10H22N2O2. The summed E-state index contributed by atoms with van der Waals surface area (Å²) in [5.74, 6) is 0.0913. The Hall–Kier alpha value is -0.610. The van der Waals surface area contributed by atoms with Crippen LogP contribution in [0.25, 0.3) is 0 Å². The van der Waals surface area contributed by atoms with Gasteiger partial charge in [0.2, 0.25) is 5.91 Å². The van der Waals surface area contributed by atoms with Crippen LogP contribution in [0.4, 0.5) is 0 Å². The fraction of sp³-hybridized carbons (Fsp3) is 0.900. The van der Waals surface area contributed by atoms with E-state index in [1.54, 1.807) is 19.1 Å². The average molecular weight is 202 g/mol. The average Bonchev–Trinajstić information content (AvgIpc) is 2.01. The van der Waals surface area contributed by atoms with Gasteiger partial charge in [0.1, 0.15) is 0 Å². The molecular weight excluding hydrogens is 180 g/mol. The first-order valence-electron chi connectivity index (χ1n) is 4.88. The molecule has 0 heterocycles. The molecule has 0 aliphatic heterocycles. The van der Waals surface area contributed by atoms with Gasteiger partial charge >= 0.3 is 0 Å². The third-order valence-corrected chi connectivity index (χ3v) is 1.87. The van der Waals surface area contributed by atoms with Gasteiger partial charge in [-0.1, -0.05) is 0 Å². The summed E-state index contributed by atoms with van der Waals surface area (Å²) in [5.41, 5.74) is 5.33. The molecule has 0 aliphatic rings. The standard InChI is InChI=1S/C10H22N2O2/c1-10(2,11)8-9(13)12(3)6-5-7-14-4/h5-8,11H2,1-4H3. The van der Waals surface area contributed by atoms with E-state index in [0.29, 0.717) is 13.0 Å². The second-order valence-corrected chi connectivity index (χ2v) is 4.33. The number of amides is 1. The maximum Gasteiger partial charge on any atom is 0.224 e. The van der Waals surface area contributed by atoms with Crippen molar-refractivity contribution in [3.8, 4) is 0 Å². The first kappa shape index (κ1) is 13.4. The van der Waals surface area contributed by atoms with E-state index in [-0.39, 0.29) is 5.91 Å². The Morgan fingerprint density at radius 2 is 2.07 bits per heavy atom. The third-order valence-electron chi connectivity index (χ3n) is 1.87. The van der Waals surface area contributed by atoms with Crippen LogP contribution in [0.1, 0.15) is 26.7 Å². The number of nitrogens with zero attached hydrogens (tertiary/aromatic N) is 1. The highest BCUT2D eigenvalue weighted by Crippen LogP contribution is 2.06. The van der Waals surface area contributed by atoms with Crippen molar-refractivity contribution in [2.75, 3.05) is 27.3 Å². The normalized spacial score (nSPS) is 11.5. The van der Waals surface area contributed by atoms with E-state index in [4.69, 9.17) is 10.5 Å². The molecule has 0 saturated heterocycles. The van der Waals surface area contributed by atoms with E-state index in [0.717, 1.165) is 13.0 Å². The third kappa shape index (κ3) is 6.86. The summed E-state index contributed by atoms with van der Waals surface area (Å²) in [6.07, 6.45) is 1.25. The minimum absolute atomic E-state index is 0.0913. The maximum atomic E-state index is 11.6. The molecule has 14 heavy (non-hydrogen) atoms. The Morgan fingerprint density at radius 3 is 2.50 bits per heavy atom. The highest BCUT2D eigenvalue weighted by molar-refractivity contribution is 5.76. The second kappa shape index (κ2) is 5.98. The van der Waals surface area contributed by atoms with Gasteiger partial charge in [-0.25, -0.2) is 0 Å². The molecule has 0 spiro atoms. The Labute approximate surface area is 86.4 Å². The smallest absolute Gasteiger partial charge is 0.224 e. The lowest BCUT2D eigenvalue weighted by molar-refractivity contribution is -0.131. The topological polar surface area (TPSA) is 55.6 Å². The quantitative estimate of drug-likeness (QED) is 0.642. The summed E-state index contributed by atoms with van der Waals surface area (Å²) < 4.78 is 4.91. The summed E-state index contributed by atoms with van der Waals surface area (Å²) in [6, 6.07) is 0. The summed E-state index contributed by atoms with van der Waals surface area (Å²) >= 11 is 0. The molecule has 0 aromatic rings. The van der Waals surface area contributed by atoms with E-state index in [1.165, 1.54) is 0 Å². The second-order valence-electron chi connectivity index (χ2n) is 4.33. The number of hydrogen-bond acceptors (Lipinski definition) is 3. The van der Waals surface area contributed by atoms with E-state index in [9.17, 15) is 4.79 Å². The zero-order valence-corrected chi connectivity index (χ0v) is 9.67. The van der Waals surface area contributed by atoms with Crippen LogP contribution in [-0.4, -0.2) is 43.7 Å². The van der Waals surface area contributed by atoms with Crippen molar-refractivity contribution in [3.63, 3.8) is 0 Å². The lowest BCUT2D eigenvalue weighted by Gasteiger charge is -2.23. The highest BCUT2D eigenvalue weighted by Gasteiger charge is 2.18. The first-order valence-corrected chi connectivity index (χ1v) is 4.88. The number of carbonyl (C=O) groups excluding carboxylic acids is 1. The molecule has 0 radical (unpaired) electrons. The van der Waals surface area contributed by atoms with Crippen LogP contribution in [-0.2, 0) is 9.53 Å². The van der Waals surface area contributed by atoms with E-state index < -0.39 is 5.54 Å².